The Balaban J connectivity index is 1.79. The zero-order chi connectivity index (χ0) is 23.2. The summed E-state index contributed by atoms with van der Waals surface area (Å²) in [7, 11) is 1.55. The van der Waals surface area contributed by atoms with Gasteiger partial charge in [-0.25, -0.2) is 4.79 Å². The zero-order valence-electron chi connectivity index (χ0n) is 19.2. The maximum Gasteiger partial charge on any atom is 0.340 e. The van der Waals surface area contributed by atoms with E-state index in [9.17, 15) is 9.90 Å². The van der Waals surface area contributed by atoms with Crippen LogP contribution >= 0.6 is 11.8 Å². The number of phenolic OH excluding ortho intramolecular Hbond substituents is 1. The molecule has 0 radical (unpaired) electrons. The van der Waals surface area contributed by atoms with Crippen molar-refractivity contribution in [2.45, 2.75) is 43.4 Å². The van der Waals surface area contributed by atoms with Gasteiger partial charge in [-0.2, -0.15) is 0 Å². The third-order valence-electron chi connectivity index (χ3n) is 5.91. The number of fused-ring (bicyclic) bond motifs is 1. The first-order valence-electron chi connectivity index (χ1n) is 11.4. The van der Waals surface area contributed by atoms with E-state index in [-0.39, 0.29) is 12.4 Å². The van der Waals surface area contributed by atoms with Gasteiger partial charge in [0.25, 0.3) is 0 Å². The van der Waals surface area contributed by atoms with Crippen molar-refractivity contribution >= 4 is 28.6 Å². The topological polar surface area (TPSA) is 71.9 Å². The molecule has 1 fully saturated rings. The SMILES string of the molecule is CCOC(=O)c1cc2c(CN3CCCCC3)c(O)c(OC)cc2nc1CSc1ccccc1. The molecule has 33 heavy (non-hydrogen) atoms. The highest BCUT2D eigenvalue weighted by Crippen LogP contribution is 2.38. The molecule has 1 aliphatic heterocycles. The number of rotatable bonds is 8. The van der Waals surface area contributed by atoms with E-state index in [0.717, 1.165) is 41.8 Å². The fourth-order valence-corrected chi connectivity index (χ4v) is 5.08. The molecule has 2 heterocycles. The number of piperidine rings is 1. The van der Waals surface area contributed by atoms with Crippen LogP contribution in [-0.4, -0.2) is 47.8 Å². The van der Waals surface area contributed by atoms with Crippen LogP contribution in [0.2, 0.25) is 0 Å². The highest BCUT2D eigenvalue weighted by atomic mass is 32.2. The Labute approximate surface area is 198 Å². The third-order valence-corrected chi connectivity index (χ3v) is 6.93. The molecule has 174 valence electrons. The first kappa shape index (κ1) is 23.4. The van der Waals surface area contributed by atoms with Crippen LogP contribution in [0.25, 0.3) is 10.9 Å². The van der Waals surface area contributed by atoms with Gasteiger partial charge < -0.3 is 14.6 Å². The molecule has 3 aromatic rings. The van der Waals surface area contributed by atoms with Crippen LogP contribution in [0.15, 0.2) is 47.4 Å². The number of carbonyl (C=O) groups is 1. The third kappa shape index (κ3) is 5.42. The van der Waals surface area contributed by atoms with Crippen molar-refractivity contribution in [3.8, 4) is 11.5 Å². The minimum atomic E-state index is -0.394. The summed E-state index contributed by atoms with van der Waals surface area (Å²) in [6.45, 7) is 4.64. The number of ether oxygens (including phenoxy) is 2. The fourth-order valence-electron chi connectivity index (χ4n) is 4.21. The van der Waals surface area contributed by atoms with Gasteiger partial charge in [-0.15, -0.1) is 11.8 Å². The molecule has 1 N–H and O–H groups in total. The van der Waals surface area contributed by atoms with Crippen molar-refractivity contribution in [2.24, 2.45) is 0 Å². The summed E-state index contributed by atoms with van der Waals surface area (Å²) in [5.41, 5.74) is 2.55. The zero-order valence-corrected chi connectivity index (χ0v) is 20.0. The van der Waals surface area contributed by atoms with E-state index in [1.54, 1.807) is 31.9 Å². The molecule has 6 nitrogen and oxygen atoms in total. The van der Waals surface area contributed by atoms with Crippen molar-refractivity contribution in [1.29, 1.82) is 0 Å². The Morgan fingerprint density at radius 3 is 2.61 bits per heavy atom. The average Bonchev–Trinajstić information content (AvgIpc) is 2.85. The number of likely N-dealkylation sites (tertiary alicyclic amines) is 1. The molecule has 0 bridgehead atoms. The Morgan fingerprint density at radius 1 is 1.15 bits per heavy atom. The van der Waals surface area contributed by atoms with Crippen LogP contribution in [0.4, 0.5) is 0 Å². The summed E-state index contributed by atoms with van der Waals surface area (Å²) >= 11 is 1.62. The fraction of sp³-hybridized carbons (Fsp3) is 0.385. The van der Waals surface area contributed by atoms with Crippen molar-refractivity contribution in [2.75, 3.05) is 26.8 Å². The number of pyridine rings is 1. The van der Waals surface area contributed by atoms with Gasteiger partial charge in [0, 0.05) is 34.2 Å². The van der Waals surface area contributed by atoms with Gasteiger partial charge in [-0.3, -0.25) is 9.88 Å². The van der Waals surface area contributed by atoms with Crippen LogP contribution in [-0.2, 0) is 17.0 Å². The van der Waals surface area contributed by atoms with E-state index in [4.69, 9.17) is 14.5 Å². The lowest BCUT2D eigenvalue weighted by molar-refractivity contribution is 0.0525. The molecule has 0 saturated carbocycles. The van der Waals surface area contributed by atoms with Gasteiger partial charge >= 0.3 is 5.97 Å². The summed E-state index contributed by atoms with van der Waals surface area (Å²) in [4.78, 5) is 21.2. The van der Waals surface area contributed by atoms with Gasteiger partial charge in [0.1, 0.15) is 0 Å². The summed E-state index contributed by atoms with van der Waals surface area (Å²) in [5.74, 6) is 0.639. The van der Waals surface area contributed by atoms with E-state index in [2.05, 4.69) is 4.90 Å². The van der Waals surface area contributed by atoms with E-state index in [1.165, 1.54) is 6.42 Å². The van der Waals surface area contributed by atoms with E-state index < -0.39 is 5.97 Å². The predicted molar refractivity (Wildman–Crippen MR) is 131 cm³/mol. The number of benzene rings is 2. The normalized spacial score (nSPS) is 14.4. The second-order valence-corrected chi connectivity index (χ2v) is 9.16. The van der Waals surface area contributed by atoms with Gasteiger partial charge in [-0.1, -0.05) is 24.6 Å². The van der Waals surface area contributed by atoms with Crippen molar-refractivity contribution in [3.63, 3.8) is 0 Å². The number of esters is 1. The number of hydrogen-bond acceptors (Lipinski definition) is 7. The number of thioether (sulfide) groups is 1. The molecule has 0 amide bonds. The van der Waals surface area contributed by atoms with Crippen molar-refractivity contribution in [1.82, 2.24) is 9.88 Å². The Morgan fingerprint density at radius 2 is 1.91 bits per heavy atom. The molecule has 1 aromatic heterocycles. The number of aromatic nitrogens is 1. The van der Waals surface area contributed by atoms with E-state index in [1.807, 2.05) is 36.4 Å². The molecule has 4 rings (SSSR count). The maximum absolute atomic E-state index is 12.9. The highest BCUT2D eigenvalue weighted by molar-refractivity contribution is 7.98. The first-order chi connectivity index (χ1) is 16.1. The molecular formula is C26H30N2O4S. The molecule has 0 unspecified atom stereocenters. The minimum absolute atomic E-state index is 0.110. The van der Waals surface area contributed by atoms with Crippen LogP contribution in [0.5, 0.6) is 11.5 Å². The van der Waals surface area contributed by atoms with Crippen LogP contribution in [0.3, 0.4) is 0 Å². The van der Waals surface area contributed by atoms with Gasteiger partial charge in [0.2, 0.25) is 0 Å². The van der Waals surface area contributed by atoms with Gasteiger partial charge in [0.15, 0.2) is 11.5 Å². The average molecular weight is 467 g/mol. The lowest BCUT2D eigenvalue weighted by Gasteiger charge is -2.27. The summed E-state index contributed by atoms with van der Waals surface area (Å²) in [6, 6.07) is 13.6. The van der Waals surface area contributed by atoms with E-state index >= 15 is 0 Å². The summed E-state index contributed by atoms with van der Waals surface area (Å²) in [6.07, 6.45) is 3.53. The molecule has 2 aromatic carbocycles. The van der Waals surface area contributed by atoms with Crippen LogP contribution in [0, 0.1) is 0 Å². The van der Waals surface area contributed by atoms with Crippen LogP contribution in [0.1, 0.15) is 47.8 Å². The number of carbonyl (C=O) groups excluding carboxylic acids is 1. The van der Waals surface area contributed by atoms with Crippen molar-refractivity contribution < 1.29 is 19.4 Å². The second kappa shape index (κ2) is 10.9. The quantitative estimate of drug-likeness (QED) is 0.352. The second-order valence-electron chi connectivity index (χ2n) is 8.11. The predicted octanol–water partition coefficient (Wildman–Crippen LogP) is 5.40. The molecule has 1 aliphatic rings. The molecule has 7 heteroatoms. The molecule has 0 atom stereocenters. The van der Waals surface area contributed by atoms with Crippen LogP contribution < -0.4 is 4.74 Å². The largest absolute Gasteiger partial charge is 0.504 e. The summed E-state index contributed by atoms with van der Waals surface area (Å²) in [5, 5.41) is 11.7. The Kier molecular flexibility index (Phi) is 7.73. The van der Waals surface area contributed by atoms with Gasteiger partial charge in [0.05, 0.1) is 30.5 Å². The number of hydrogen-bond donors (Lipinski definition) is 1. The number of phenols is 1. The summed E-state index contributed by atoms with van der Waals surface area (Å²) < 4.78 is 10.8. The smallest absolute Gasteiger partial charge is 0.340 e. The molecular weight excluding hydrogens is 436 g/mol. The number of aromatic hydroxyl groups is 1. The Bertz CT molecular complexity index is 1110. The minimum Gasteiger partial charge on any atom is -0.504 e. The standard InChI is InChI=1S/C26H30N2O4S/c1-3-32-26(30)20-14-19-21(16-28-12-8-5-9-13-28)25(29)24(31-2)15-22(19)27-23(20)17-33-18-10-6-4-7-11-18/h4,6-7,10-11,14-15,29H,3,5,8-9,12-13,16-17H2,1-2H3. The number of methoxy groups -OCH3 is 1. The lowest BCUT2D eigenvalue weighted by atomic mass is 10.0. The number of nitrogens with zero attached hydrogens (tertiary/aromatic N) is 2. The lowest BCUT2D eigenvalue weighted by Crippen LogP contribution is -2.29. The molecule has 0 spiro atoms. The molecule has 0 aliphatic carbocycles. The monoisotopic (exact) mass is 466 g/mol. The highest BCUT2D eigenvalue weighted by Gasteiger charge is 2.22. The van der Waals surface area contributed by atoms with E-state index in [0.29, 0.717) is 34.8 Å². The first-order valence-corrected chi connectivity index (χ1v) is 12.4. The maximum atomic E-state index is 12.9. The Hall–Kier alpha value is -2.77. The molecule has 1 saturated heterocycles. The van der Waals surface area contributed by atoms with Gasteiger partial charge in [-0.05, 0) is 51.1 Å². The van der Waals surface area contributed by atoms with Crippen molar-refractivity contribution in [3.05, 3.63) is 59.3 Å².